The third-order valence-corrected chi connectivity index (χ3v) is 2.21. The van der Waals surface area contributed by atoms with Crippen molar-refractivity contribution in [3.05, 3.63) is 35.9 Å². The number of Topliss-reactive ketones (excluding diaryl/α,β-unsaturated/α-hetero) is 1. The molecule has 1 aromatic carbocycles. The van der Waals surface area contributed by atoms with Crippen LogP contribution in [-0.2, 0) is 0 Å². The van der Waals surface area contributed by atoms with E-state index in [0.717, 1.165) is 18.5 Å². The Morgan fingerprint density at radius 2 is 2.08 bits per heavy atom. The molecule has 1 atom stereocenters. The number of nitrogens with one attached hydrogen (secondary N) is 2. The fourth-order valence-corrected chi connectivity index (χ4v) is 1.48. The van der Waals surface area contributed by atoms with Gasteiger partial charge in [0.15, 0.2) is 5.78 Å². The Morgan fingerprint density at radius 1 is 1.31 bits per heavy atom. The van der Waals surface area contributed by atoms with Gasteiger partial charge in [0.2, 0.25) is 0 Å². The summed E-state index contributed by atoms with van der Waals surface area (Å²) in [5.74, 6) is 0.172. The highest BCUT2D eigenvalue weighted by molar-refractivity contribution is 6.00. The molecule has 1 heterocycles. The summed E-state index contributed by atoms with van der Waals surface area (Å²) in [6.07, 6.45) is 0.869. The van der Waals surface area contributed by atoms with Crippen LogP contribution in [-0.4, -0.2) is 18.4 Å². The predicted octanol–water partition coefficient (Wildman–Crippen LogP) is 0.736. The van der Waals surface area contributed by atoms with Crippen LogP contribution in [0.4, 0.5) is 0 Å². The molecule has 1 fully saturated rings. The first-order valence-corrected chi connectivity index (χ1v) is 4.45. The Kier molecular flexibility index (Phi) is 2.38. The summed E-state index contributed by atoms with van der Waals surface area (Å²) >= 11 is 0. The zero-order chi connectivity index (χ0) is 9.10. The summed E-state index contributed by atoms with van der Waals surface area (Å²) in [7, 11) is 0. The van der Waals surface area contributed by atoms with E-state index in [1.165, 1.54) is 0 Å². The largest absolute Gasteiger partial charge is 0.292 e. The van der Waals surface area contributed by atoms with E-state index in [-0.39, 0.29) is 11.8 Å². The minimum Gasteiger partial charge on any atom is -0.292 e. The van der Waals surface area contributed by atoms with Crippen molar-refractivity contribution in [2.24, 2.45) is 0 Å². The van der Waals surface area contributed by atoms with Crippen molar-refractivity contribution >= 4 is 5.78 Å². The average Bonchev–Trinajstić information content (AvgIpc) is 2.71. The molecular weight excluding hydrogens is 164 g/mol. The summed E-state index contributed by atoms with van der Waals surface area (Å²) in [6.45, 7) is 0.864. The molecule has 1 saturated heterocycles. The number of hydrogen-bond acceptors (Lipinski definition) is 3. The van der Waals surface area contributed by atoms with Crippen LogP contribution in [0.15, 0.2) is 30.3 Å². The Morgan fingerprint density at radius 3 is 2.69 bits per heavy atom. The van der Waals surface area contributed by atoms with Crippen LogP contribution in [0.2, 0.25) is 0 Å². The van der Waals surface area contributed by atoms with E-state index in [1.54, 1.807) is 0 Å². The van der Waals surface area contributed by atoms with Crippen LogP contribution in [0.5, 0.6) is 0 Å². The van der Waals surface area contributed by atoms with Gasteiger partial charge in [0.1, 0.15) is 0 Å². The first-order valence-electron chi connectivity index (χ1n) is 4.45. The maximum Gasteiger partial charge on any atom is 0.181 e. The molecule has 2 N–H and O–H groups in total. The number of hydrazine groups is 1. The summed E-state index contributed by atoms with van der Waals surface area (Å²) in [5, 5.41) is 0. The quantitative estimate of drug-likeness (QED) is 0.653. The van der Waals surface area contributed by atoms with E-state index in [2.05, 4.69) is 10.9 Å². The van der Waals surface area contributed by atoms with Crippen LogP contribution < -0.4 is 10.9 Å². The Balaban J connectivity index is 2.13. The normalized spacial score (nSPS) is 21.7. The second kappa shape index (κ2) is 3.68. The zero-order valence-corrected chi connectivity index (χ0v) is 7.29. The molecule has 13 heavy (non-hydrogen) atoms. The SMILES string of the molecule is O=C(c1ccccc1)C1CCNN1. The topological polar surface area (TPSA) is 41.1 Å². The van der Waals surface area contributed by atoms with Crippen molar-refractivity contribution in [2.75, 3.05) is 6.54 Å². The summed E-state index contributed by atoms with van der Waals surface area (Å²) in [4.78, 5) is 11.7. The molecule has 0 amide bonds. The van der Waals surface area contributed by atoms with Crippen molar-refractivity contribution in [1.29, 1.82) is 0 Å². The summed E-state index contributed by atoms with van der Waals surface area (Å²) in [5.41, 5.74) is 6.69. The third-order valence-electron chi connectivity index (χ3n) is 2.21. The lowest BCUT2D eigenvalue weighted by Crippen LogP contribution is -2.35. The first-order chi connectivity index (χ1) is 6.38. The van der Waals surface area contributed by atoms with E-state index >= 15 is 0 Å². The lowest BCUT2D eigenvalue weighted by molar-refractivity contribution is 0.0950. The van der Waals surface area contributed by atoms with Gasteiger partial charge in [-0.3, -0.25) is 10.2 Å². The van der Waals surface area contributed by atoms with Crippen molar-refractivity contribution in [3.8, 4) is 0 Å². The van der Waals surface area contributed by atoms with Crippen LogP contribution in [0.3, 0.4) is 0 Å². The van der Waals surface area contributed by atoms with Gasteiger partial charge in [0, 0.05) is 12.1 Å². The average molecular weight is 176 g/mol. The fourth-order valence-electron chi connectivity index (χ4n) is 1.48. The van der Waals surface area contributed by atoms with Crippen molar-refractivity contribution in [1.82, 2.24) is 10.9 Å². The van der Waals surface area contributed by atoms with E-state index < -0.39 is 0 Å². The molecule has 1 aromatic rings. The highest BCUT2D eigenvalue weighted by atomic mass is 16.1. The van der Waals surface area contributed by atoms with E-state index in [9.17, 15) is 4.79 Å². The molecule has 0 spiro atoms. The smallest absolute Gasteiger partial charge is 0.181 e. The van der Waals surface area contributed by atoms with Crippen LogP contribution >= 0.6 is 0 Å². The Labute approximate surface area is 77.1 Å². The van der Waals surface area contributed by atoms with Crippen LogP contribution in [0, 0.1) is 0 Å². The molecular formula is C10H12N2O. The Bertz CT molecular complexity index is 291. The van der Waals surface area contributed by atoms with E-state index in [4.69, 9.17) is 0 Å². The van der Waals surface area contributed by atoms with Gasteiger partial charge >= 0.3 is 0 Å². The number of benzene rings is 1. The van der Waals surface area contributed by atoms with Gasteiger partial charge in [-0.2, -0.15) is 0 Å². The van der Waals surface area contributed by atoms with Gasteiger partial charge in [-0.25, -0.2) is 5.43 Å². The lowest BCUT2D eigenvalue weighted by atomic mass is 10.0. The van der Waals surface area contributed by atoms with Crippen LogP contribution in [0.25, 0.3) is 0 Å². The minimum absolute atomic E-state index is 0.0533. The van der Waals surface area contributed by atoms with Gasteiger partial charge in [0.25, 0.3) is 0 Å². The predicted molar refractivity (Wildman–Crippen MR) is 50.3 cm³/mol. The Hall–Kier alpha value is -1.19. The second-order valence-electron chi connectivity index (χ2n) is 3.14. The molecule has 0 aliphatic carbocycles. The van der Waals surface area contributed by atoms with Gasteiger partial charge in [-0.15, -0.1) is 0 Å². The van der Waals surface area contributed by atoms with E-state index in [0.29, 0.717) is 0 Å². The van der Waals surface area contributed by atoms with Gasteiger partial charge in [0.05, 0.1) is 6.04 Å². The highest BCUT2D eigenvalue weighted by Crippen LogP contribution is 2.07. The number of carbonyl (C=O) groups excluding carboxylic acids is 1. The molecule has 0 radical (unpaired) electrons. The molecule has 0 bridgehead atoms. The standard InChI is InChI=1S/C10H12N2O/c13-10(9-6-7-11-12-9)8-4-2-1-3-5-8/h1-5,9,11-12H,6-7H2. The summed E-state index contributed by atoms with van der Waals surface area (Å²) < 4.78 is 0. The molecule has 68 valence electrons. The molecule has 1 unspecified atom stereocenters. The molecule has 0 saturated carbocycles. The maximum absolute atomic E-state index is 11.7. The molecule has 3 heteroatoms. The molecule has 1 aliphatic heterocycles. The van der Waals surface area contributed by atoms with Gasteiger partial charge < -0.3 is 0 Å². The number of carbonyl (C=O) groups is 1. The van der Waals surface area contributed by atoms with Gasteiger partial charge in [-0.1, -0.05) is 30.3 Å². The molecule has 2 rings (SSSR count). The maximum atomic E-state index is 11.7. The van der Waals surface area contributed by atoms with E-state index in [1.807, 2.05) is 30.3 Å². The van der Waals surface area contributed by atoms with Crippen molar-refractivity contribution in [2.45, 2.75) is 12.5 Å². The lowest BCUT2D eigenvalue weighted by Gasteiger charge is -2.07. The molecule has 3 nitrogen and oxygen atoms in total. The zero-order valence-electron chi connectivity index (χ0n) is 7.29. The fraction of sp³-hybridized carbons (Fsp3) is 0.300. The summed E-state index contributed by atoms with van der Waals surface area (Å²) in [6, 6.07) is 9.33. The van der Waals surface area contributed by atoms with Crippen LogP contribution in [0.1, 0.15) is 16.8 Å². The van der Waals surface area contributed by atoms with Crippen molar-refractivity contribution in [3.63, 3.8) is 0 Å². The number of ketones is 1. The second-order valence-corrected chi connectivity index (χ2v) is 3.14. The first kappa shape index (κ1) is 8.41. The molecule has 1 aliphatic rings. The van der Waals surface area contributed by atoms with Gasteiger partial charge in [-0.05, 0) is 6.42 Å². The monoisotopic (exact) mass is 176 g/mol. The number of hydrogen-bond donors (Lipinski definition) is 2. The molecule has 0 aromatic heterocycles. The third kappa shape index (κ3) is 1.76. The van der Waals surface area contributed by atoms with Crippen molar-refractivity contribution < 1.29 is 4.79 Å². The number of rotatable bonds is 2. The highest BCUT2D eigenvalue weighted by Gasteiger charge is 2.22. The minimum atomic E-state index is -0.0533.